The van der Waals surface area contributed by atoms with E-state index < -0.39 is 17.9 Å². The second kappa shape index (κ2) is 15.2. The Kier molecular flexibility index (Phi) is 12.0. The molecule has 0 spiro atoms. The predicted octanol–water partition coefficient (Wildman–Crippen LogP) is 4.34. The van der Waals surface area contributed by atoms with E-state index in [1.54, 1.807) is 17.8 Å². The molecule has 1 aromatic heterocycles. The van der Waals surface area contributed by atoms with Gasteiger partial charge in [0.05, 0.1) is 6.61 Å². The van der Waals surface area contributed by atoms with Crippen LogP contribution in [0.1, 0.15) is 35.1 Å². The molecular weight excluding hydrogens is 541 g/mol. The average molecular weight is 572 g/mol. The van der Waals surface area contributed by atoms with Gasteiger partial charge in [0.1, 0.15) is 24.2 Å². The van der Waals surface area contributed by atoms with Crippen LogP contribution in [0.4, 0.5) is 0 Å². The van der Waals surface area contributed by atoms with Crippen molar-refractivity contribution in [2.45, 2.75) is 32.6 Å². The summed E-state index contributed by atoms with van der Waals surface area (Å²) in [7, 11) is 0. The summed E-state index contributed by atoms with van der Waals surface area (Å²) < 4.78 is 11.9. The first kappa shape index (κ1) is 31.6. The molecule has 0 aliphatic rings. The van der Waals surface area contributed by atoms with E-state index in [0.717, 1.165) is 33.6 Å². The summed E-state index contributed by atoms with van der Waals surface area (Å²) in [6, 6.07) is 23.5. The Hall–Kier alpha value is -2.92. The van der Waals surface area contributed by atoms with Gasteiger partial charge in [0.2, 0.25) is 0 Å². The van der Waals surface area contributed by atoms with Crippen molar-refractivity contribution in [1.82, 2.24) is 5.32 Å². The molecule has 1 heterocycles. The number of aliphatic carboxylic acids is 1. The average Bonchev–Trinajstić information content (AvgIpc) is 3.40. The molecular formula is C31H31ClLiNO5S. The molecule has 204 valence electrons. The Morgan fingerprint density at radius 3 is 2.48 bits per heavy atom. The number of hydrogen-bond acceptors (Lipinski definition) is 5. The number of carbonyl (C=O) groups is 2. The van der Waals surface area contributed by atoms with Crippen LogP contribution in [0.3, 0.4) is 0 Å². The molecule has 1 amide bonds. The van der Waals surface area contributed by atoms with E-state index in [2.05, 4.69) is 5.32 Å². The van der Waals surface area contributed by atoms with E-state index >= 15 is 0 Å². The number of hydrogen-bond donors (Lipinski definition) is 2. The summed E-state index contributed by atoms with van der Waals surface area (Å²) in [4.78, 5) is 25.0. The molecule has 0 aliphatic heterocycles. The van der Waals surface area contributed by atoms with Crippen LogP contribution in [-0.2, 0) is 22.7 Å². The predicted molar refractivity (Wildman–Crippen MR) is 157 cm³/mol. The van der Waals surface area contributed by atoms with E-state index in [1.165, 1.54) is 0 Å². The Labute approximate surface area is 257 Å². The van der Waals surface area contributed by atoms with Crippen molar-refractivity contribution in [1.29, 1.82) is 0 Å². The molecule has 0 saturated carbocycles. The van der Waals surface area contributed by atoms with Gasteiger partial charge in [0.25, 0.3) is 5.91 Å². The summed E-state index contributed by atoms with van der Waals surface area (Å²) in [6.07, 6.45) is 2.25. The minimum absolute atomic E-state index is 0. The van der Waals surface area contributed by atoms with Crippen molar-refractivity contribution in [2.24, 2.45) is 0 Å². The summed E-state index contributed by atoms with van der Waals surface area (Å²) >= 11 is 7.51. The maximum Gasteiger partial charge on any atom is 1.00 e. The molecule has 6 nitrogen and oxygen atoms in total. The minimum Gasteiger partial charge on any atom is -1.00 e. The van der Waals surface area contributed by atoms with Crippen molar-refractivity contribution >= 4 is 35.2 Å². The van der Waals surface area contributed by atoms with Gasteiger partial charge in [-0.25, -0.2) is 4.79 Å². The number of nitrogens with one attached hydrogen (secondary N) is 1. The van der Waals surface area contributed by atoms with Crippen molar-refractivity contribution in [2.75, 3.05) is 12.0 Å². The Morgan fingerprint density at radius 1 is 1.02 bits per heavy atom. The zero-order valence-electron chi connectivity index (χ0n) is 23.8. The first-order valence-corrected chi connectivity index (χ1v) is 14.3. The van der Waals surface area contributed by atoms with Crippen LogP contribution >= 0.6 is 23.4 Å². The molecule has 3 aromatic carbocycles. The zero-order chi connectivity index (χ0) is 27.8. The molecule has 4 rings (SSSR count). The van der Waals surface area contributed by atoms with Gasteiger partial charge in [-0.2, -0.15) is 11.8 Å². The molecule has 4 aromatic rings. The van der Waals surface area contributed by atoms with Gasteiger partial charge in [-0.15, -0.1) is 0 Å². The number of furan rings is 1. The topological polar surface area (TPSA) is 88.8 Å². The van der Waals surface area contributed by atoms with E-state index in [9.17, 15) is 14.7 Å². The summed E-state index contributed by atoms with van der Waals surface area (Å²) in [5, 5.41) is 12.9. The van der Waals surface area contributed by atoms with Crippen LogP contribution in [-0.4, -0.2) is 35.0 Å². The standard InChI is InChI=1S/C31H30ClNO5S.Li.H/c1-20-5-3-4-6-25(20)27-17-21(7-13-26(27)30(34)33-28(31(35)36)15-16-39-2)18-37-19-24-12-14-29(38-24)22-8-10-23(32)11-9-22;;/h3-14,17,28H,15-16,18-19H2,1-2H3,(H,33,34)(H,35,36);;/q;+1;-1/t28-;;/m0../s1. The van der Waals surface area contributed by atoms with Crippen molar-refractivity contribution < 1.29 is 44.1 Å². The third-order valence-corrected chi connectivity index (χ3v) is 7.18. The number of thioether (sulfide) groups is 1. The van der Waals surface area contributed by atoms with E-state index in [0.29, 0.717) is 35.1 Å². The second-order valence-electron chi connectivity index (χ2n) is 9.11. The van der Waals surface area contributed by atoms with Gasteiger partial charge in [0.15, 0.2) is 0 Å². The molecule has 0 saturated heterocycles. The van der Waals surface area contributed by atoms with Crippen molar-refractivity contribution in [3.63, 3.8) is 0 Å². The fourth-order valence-corrected chi connectivity index (χ4v) is 4.80. The largest absolute Gasteiger partial charge is 1.00 e. The summed E-state index contributed by atoms with van der Waals surface area (Å²) in [6.45, 7) is 2.57. The number of ether oxygens (including phenoxy) is 1. The number of benzene rings is 3. The van der Waals surface area contributed by atoms with E-state index in [1.807, 2.05) is 86.0 Å². The number of aryl methyl sites for hydroxylation is 1. The number of carbonyl (C=O) groups excluding carboxylic acids is 1. The molecule has 0 fully saturated rings. The number of rotatable bonds is 12. The Bertz CT molecular complexity index is 1450. The van der Waals surface area contributed by atoms with Crippen molar-refractivity contribution in [3.05, 3.63) is 106 Å². The quantitative estimate of drug-likeness (QED) is 0.246. The maximum absolute atomic E-state index is 13.2. The van der Waals surface area contributed by atoms with Gasteiger partial charge in [-0.3, -0.25) is 4.79 Å². The van der Waals surface area contributed by atoms with Gasteiger partial charge < -0.3 is 21.0 Å². The van der Waals surface area contributed by atoms with Gasteiger partial charge >= 0.3 is 24.8 Å². The molecule has 9 heteroatoms. The monoisotopic (exact) mass is 571 g/mol. The van der Waals surface area contributed by atoms with E-state index in [4.69, 9.17) is 20.8 Å². The molecule has 0 unspecified atom stereocenters. The fraction of sp³-hybridized carbons (Fsp3) is 0.226. The molecule has 0 aliphatic carbocycles. The summed E-state index contributed by atoms with van der Waals surface area (Å²) in [5.74, 6) is 0.603. The van der Waals surface area contributed by atoms with Gasteiger partial charge in [0, 0.05) is 16.1 Å². The number of halogens is 1. The van der Waals surface area contributed by atoms with Crippen LogP contribution in [0.15, 0.2) is 83.3 Å². The number of carboxylic acid groups (broad SMARTS) is 1. The maximum atomic E-state index is 13.2. The molecule has 40 heavy (non-hydrogen) atoms. The molecule has 0 radical (unpaired) electrons. The number of amides is 1. The third-order valence-electron chi connectivity index (χ3n) is 6.28. The fourth-order valence-electron chi connectivity index (χ4n) is 4.20. The normalized spacial score (nSPS) is 11.5. The molecule has 0 bridgehead atoms. The summed E-state index contributed by atoms with van der Waals surface area (Å²) in [5.41, 5.74) is 4.87. The zero-order valence-corrected chi connectivity index (χ0v) is 24.4. The van der Waals surface area contributed by atoms with E-state index in [-0.39, 0.29) is 26.9 Å². The molecule has 1 atom stereocenters. The van der Waals surface area contributed by atoms with Crippen LogP contribution in [0.5, 0.6) is 0 Å². The molecule has 2 N–H and O–H groups in total. The Morgan fingerprint density at radius 2 is 1.77 bits per heavy atom. The Balaban J connectivity index is 0.00000294. The van der Waals surface area contributed by atoms with Crippen LogP contribution in [0.25, 0.3) is 22.5 Å². The van der Waals surface area contributed by atoms with Crippen LogP contribution < -0.4 is 24.2 Å². The van der Waals surface area contributed by atoms with Crippen LogP contribution in [0.2, 0.25) is 5.02 Å². The minimum atomic E-state index is -1.04. The third kappa shape index (κ3) is 8.29. The number of carboxylic acids is 1. The smallest absolute Gasteiger partial charge is 1.00 e. The first-order chi connectivity index (χ1) is 18.9. The van der Waals surface area contributed by atoms with Crippen LogP contribution in [0, 0.1) is 6.92 Å². The van der Waals surface area contributed by atoms with Crippen molar-refractivity contribution in [3.8, 4) is 22.5 Å². The SMILES string of the molecule is CSCC[C@H](NC(=O)c1ccc(COCc2ccc(-c3ccc(Cl)cc3)o2)cc1-c1ccccc1C)C(=O)O.[H-].[Li+]. The first-order valence-electron chi connectivity index (χ1n) is 12.5. The van der Waals surface area contributed by atoms with Gasteiger partial charge in [-0.1, -0.05) is 41.9 Å². The second-order valence-corrected chi connectivity index (χ2v) is 10.5. The van der Waals surface area contributed by atoms with Gasteiger partial charge in [-0.05, 0) is 96.1 Å².